The molecule has 0 atom stereocenters. The molecule has 0 amide bonds. The number of rotatable bonds is 6. The van der Waals surface area contributed by atoms with E-state index in [1.165, 1.54) is 56.4 Å². The maximum atomic E-state index is 4.66. The SMILES string of the molecule is c1csc(-n2cnc3cc(-c4ccc(CCCN5CCCCC5)cc4)cnc32)n1. The van der Waals surface area contributed by atoms with Crippen LogP contribution in [-0.4, -0.2) is 44.1 Å². The monoisotopic (exact) mass is 403 g/mol. The highest BCUT2D eigenvalue weighted by atomic mass is 32.1. The molecule has 1 aromatic carbocycles. The second kappa shape index (κ2) is 8.43. The van der Waals surface area contributed by atoms with E-state index in [2.05, 4.69) is 50.2 Å². The van der Waals surface area contributed by atoms with Crippen LogP contribution in [0.4, 0.5) is 0 Å². The molecule has 0 unspecified atom stereocenters. The van der Waals surface area contributed by atoms with Crippen LogP contribution in [0.1, 0.15) is 31.2 Å². The van der Waals surface area contributed by atoms with Gasteiger partial charge in [0, 0.05) is 23.3 Å². The van der Waals surface area contributed by atoms with Crippen molar-refractivity contribution in [3.63, 3.8) is 0 Å². The van der Waals surface area contributed by atoms with E-state index in [0.29, 0.717) is 0 Å². The van der Waals surface area contributed by atoms with Crippen molar-refractivity contribution < 1.29 is 0 Å². The summed E-state index contributed by atoms with van der Waals surface area (Å²) < 4.78 is 1.94. The zero-order chi connectivity index (χ0) is 19.5. The Hall–Kier alpha value is -2.57. The number of likely N-dealkylation sites (tertiary alicyclic amines) is 1. The van der Waals surface area contributed by atoms with Gasteiger partial charge in [-0.2, -0.15) is 0 Å². The molecule has 0 N–H and O–H groups in total. The van der Waals surface area contributed by atoms with E-state index in [1.54, 1.807) is 23.9 Å². The van der Waals surface area contributed by atoms with Crippen molar-refractivity contribution in [1.82, 2.24) is 24.4 Å². The van der Waals surface area contributed by atoms with Crippen LogP contribution in [0.2, 0.25) is 0 Å². The summed E-state index contributed by atoms with van der Waals surface area (Å²) in [4.78, 5) is 16.2. The summed E-state index contributed by atoms with van der Waals surface area (Å²) in [6.07, 6.45) is 12.1. The Morgan fingerprint density at radius 3 is 2.59 bits per heavy atom. The van der Waals surface area contributed by atoms with Crippen LogP contribution in [0.25, 0.3) is 27.4 Å². The highest BCUT2D eigenvalue weighted by Gasteiger charge is 2.11. The summed E-state index contributed by atoms with van der Waals surface area (Å²) in [5.41, 5.74) is 5.43. The van der Waals surface area contributed by atoms with E-state index >= 15 is 0 Å². The van der Waals surface area contributed by atoms with Gasteiger partial charge in [0.2, 0.25) is 0 Å². The fourth-order valence-corrected chi connectivity index (χ4v) is 4.70. The van der Waals surface area contributed by atoms with Gasteiger partial charge in [0.1, 0.15) is 11.8 Å². The summed E-state index contributed by atoms with van der Waals surface area (Å²) in [7, 11) is 0. The van der Waals surface area contributed by atoms with Gasteiger partial charge in [-0.05, 0) is 62.5 Å². The van der Waals surface area contributed by atoms with Crippen molar-refractivity contribution in [2.75, 3.05) is 19.6 Å². The first-order valence-corrected chi connectivity index (χ1v) is 11.3. The van der Waals surface area contributed by atoms with E-state index in [9.17, 15) is 0 Å². The highest BCUT2D eigenvalue weighted by Crippen LogP contribution is 2.25. The Morgan fingerprint density at radius 1 is 0.931 bits per heavy atom. The molecule has 5 rings (SSSR count). The minimum atomic E-state index is 0.845. The van der Waals surface area contributed by atoms with Gasteiger partial charge in [0.15, 0.2) is 10.8 Å². The van der Waals surface area contributed by atoms with Crippen molar-refractivity contribution in [1.29, 1.82) is 0 Å². The standard InChI is InChI=1S/C23H25N5S/c1-2-11-27(12-3-1)13-4-5-18-6-8-19(9-7-18)20-15-21-22(25-16-20)28(17-26-21)23-24-10-14-29-23/h6-10,14-17H,1-5,11-13H2. The van der Waals surface area contributed by atoms with E-state index in [-0.39, 0.29) is 0 Å². The highest BCUT2D eigenvalue weighted by molar-refractivity contribution is 7.12. The number of aromatic nitrogens is 4. The van der Waals surface area contributed by atoms with Crippen LogP contribution >= 0.6 is 11.3 Å². The number of piperidine rings is 1. The molecule has 0 spiro atoms. The molecule has 0 radical (unpaired) electrons. The summed E-state index contributed by atoms with van der Waals surface area (Å²) >= 11 is 1.58. The van der Waals surface area contributed by atoms with Gasteiger partial charge >= 0.3 is 0 Å². The van der Waals surface area contributed by atoms with Crippen LogP contribution in [0.5, 0.6) is 0 Å². The number of nitrogens with zero attached hydrogens (tertiary/aromatic N) is 5. The first-order chi connectivity index (χ1) is 14.4. The topological polar surface area (TPSA) is 46.8 Å². The predicted octanol–water partition coefficient (Wildman–Crippen LogP) is 4.96. The fraction of sp³-hybridized carbons (Fsp3) is 0.348. The number of hydrogen-bond acceptors (Lipinski definition) is 5. The number of imidazole rings is 1. The Kier molecular flexibility index (Phi) is 5.37. The van der Waals surface area contributed by atoms with E-state index in [1.807, 2.05) is 16.1 Å². The third-order valence-corrected chi connectivity index (χ3v) is 6.46. The number of thiazole rings is 1. The lowest BCUT2D eigenvalue weighted by Gasteiger charge is -2.26. The maximum Gasteiger partial charge on any atom is 0.196 e. The van der Waals surface area contributed by atoms with Crippen molar-refractivity contribution in [3.8, 4) is 16.3 Å². The fourth-order valence-electron chi connectivity index (χ4n) is 4.09. The Balaban J connectivity index is 1.26. The smallest absolute Gasteiger partial charge is 0.196 e. The normalized spacial score (nSPS) is 15.2. The zero-order valence-electron chi connectivity index (χ0n) is 16.5. The third-order valence-electron chi connectivity index (χ3n) is 5.69. The number of fused-ring (bicyclic) bond motifs is 1. The number of pyridine rings is 1. The van der Waals surface area contributed by atoms with Crippen molar-refractivity contribution in [2.45, 2.75) is 32.1 Å². The molecule has 148 valence electrons. The van der Waals surface area contributed by atoms with Crippen molar-refractivity contribution in [3.05, 3.63) is 60.0 Å². The van der Waals surface area contributed by atoms with E-state index < -0.39 is 0 Å². The molecule has 1 fully saturated rings. The molecule has 5 nitrogen and oxygen atoms in total. The van der Waals surface area contributed by atoms with Gasteiger partial charge in [-0.15, -0.1) is 11.3 Å². The molecule has 4 heterocycles. The molecule has 6 heteroatoms. The van der Waals surface area contributed by atoms with E-state index in [0.717, 1.165) is 28.3 Å². The van der Waals surface area contributed by atoms with Gasteiger partial charge in [-0.3, -0.25) is 4.57 Å². The second-order valence-corrected chi connectivity index (χ2v) is 8.57. The first kappa shape index (κ1) is 18.5. The lowest BCUT2D eigenvalue weighted by Crippen LogP contribution is -2.30. The minimum Gasteiger partial charge on any atom is -0.303 e. The van der Waals surface area contributed by atoms with Gasteiger partial charge in [-0.1, -0.05) is 30.7 Å². The molecule has 0 bridgehead atoms. The molecule has 4 aromatic rings. The quantitative estimate of drug-likeness (QED) is 0.456. The number of aryl methyl sites for hydroxylation is 1. The lowest BCUT2D eigenvalue weighted by atomic mass is 10.0. The zero-order valence-corrected chi connectivity index (χ0v) is 17.3. The molecular weight excluding hydrogens is 378 g/mol. The van der Waals surface area contributed by atoms with Gasteiger partial charge < -0.3 is 4.90 Å². The number of benzene rings is 1. The molecule has 3 aromatic heterocycles. The van der Waals surface area contributed by atoms with Gasteiger partial charge in [0.05, 0.1) is 0 Å². The Morgan fingerprint density at radius 2 is 1.79 bits per heavy atom. The predicted molar refractivity (Wildman–Crippen MR) is 119 cm³/mol. The lowest BCUT2D eigenvalue weighted by molar-refractivity contribution is 0.226. The van der Waals surface area contributed by atoms with Crippen LogP contribution in [0, 0.1) is 0 Å². The summed E-state index contributed by atoms with van der Waals surface area (Å²) in [6.45, 7) is 3.80. The minimum absolute atomic E-state index is 0.845. The van der Waals surface area contributed by atoms with Gasteiger partial charge in [-0.25, -0.2) is 15.0 Å². The van der Waals surface area contributed by atoms with E-state index in [4.69, 9.17) is 0 Å². The summed E-state index contributed by atoms with van der Waals surface area (Å²) in [5.74, 6) is 0. The Labute approximate surface area is 175 Å². The summed E-state index contributed by atoms with van der Waals surface area (Å²) in [5, 5.41) is 2.85. The average Bonchev–Trinajstić information content (AvgIpc) is 3.44. The van der Waals surface area contributed by atoms with Crippen molar-refractivity contribution in [2.24, 2.45) is 0 Å². The number of hydrogen-bond donors (Lipinski definition) is 0. The van der Waals surface area contributed by atoms with Crippen molar-refractivity contribution >= 4 is 22.5 Å². The van der Waals surface area contributed by atoms with Crippen LogP contribution in [-0.2, 0) is 6.42 Å². The average molecular weight is 404 g/mol. The second-order valence-electron chi connectivity index (χ2n) is 7.70. The summed E-state index contributed by atoms with van der Waals surface area (Å²) in [6, 6.07) is 11.0. The van der Waals surface area contributed by atoms with Gasteiger partial charge in [0.25, 0.3) is 0 Å². The molecule has 1 aliphatic heterocycles. The Bertz CT molecular complexity index is 1060. The molecule has 0 aliphatic carbocycles. The van der Waals surface area contributed by atoms with Crippen LogP contribution < -0.4 is 0 Å². The molecule has 0 saturated carbocycles. The molecule has 1 saturated heterocycles. The first-order valence-electron chi connectivity index (χ1n) is 10.4. The third kappa shape index (κ3) is 4.09. The molecule has 29 heavy (non-hydrogen) atoms. The molecule has 1 aliphatic rings. The maximum absolute atomic E-state index is 4.66. The largest absolute Gasteiger partial charge is 0.303 e. The molecular formula is C23H25N5S. The van der Waals surface area contributed by atoms with Crippen LogP contribution in [0.3, 0.4) is 0 Å². The van der Waals surface area contributed by atoms with Crippen LogP contribution in [0.15, 0.2) is 54.4 Å².